The molecule has 0 heteroatoms. The number of benzene rings is 2. The molecular weight excluding hydrogens is 228 g/mol. The van der Waals surface area contributed by atoms with Gasteiger partial charge in [0, 0.05) is 0 Å². The first kappa shape index (κ1) is 12.2. The van der Waals surface area contributed by atoms with Gasteiger partial charge in [-0.3, -0.25) is 0 Å². The first-order chi connectivity index (χ1) is 9.15. The van der Waals surface area contributed by atoms with Crippen molar-refractivity contribution in [1.82, 2.24) is 0 Å². The van der Waals surface area contributed by atoms with Crippen LogP contribution in [0.1, 0.15) is 41.2 Å². The van der Waals surface area contributed by atoms with Crippen LogP contribution in [0.15, 0.2) is 48.0 Å². The monoisotopic (exact) mass is 248 g/mol. The van der Waals surface area contributed by atoms with Crippen molar-refractivity contribution in [3.63, 3.8) is 0 Å². The lowest BCUT2D eigenvalue weighted by molar-refractivity contribution is 0.917. The van der Waals surface area contributed by atoms with Crippen molar-refractivity contribution in [2.75, 3.05) is 0 Å². The van der Waals surface area contributed by atoms with Crippen molar-refractivity contribution in [2.24, 2.45) is 0 Å². The number of fused-ring (bicyclic) bond motifs is 1. The van der Waals surface area contributed by atoms with E-state index in [4.69, 9.17) is 0 Å². The molecule has 96 valence electrons. The minimum absolute atomic E-state index is 1.18. The van der Waals surface area contributed by atoms with Gasteiger partial charge in [0.2, 0.25) is 0 Å². The van der Waals surface area contributed by atoms with Crippen LogP contribution < -0.4 is 0 Å². The molecule has 1 aliphatic rings. The summed E-state index contributed by atoms with van der Waals surface area (Å²) in [5.74, 6) is 0. The molecule has 0 N–H and O–H groups in total. The van der Waals surface area contributed by atoms with Crippen LogP contribution in [0.4, 0.5) is 0 Å². The highest BCUT2D eigenvalue weighted by atomic mass is 14.2. The Hall–Kier alpha value is -1.82. The molecule has 1 aliphatic carbocycles. The normalized spacial score (nSPS) is 14.5. The van der Waals surface area contributed by atoms with Gasteiger partial charge in [-0.25, -0.2) is 0 Å². The SMILES string of the molecule is CC1=C(c2ccc(C)cc2)c2cc(C)ccc2CC1. The highest BCUT2D eigenvalue weighted by Crippen LogP contribution is 2.36. The standard InChI is InChI=1S/C19H20/c1-13-4-9-17(10-5-13)19-15(3)7-11-16-8-6-14(2)12-18(16)19/h4-6,8-10,12H,7,11H2,1-3H3. The van der Waals surface area contributed by atoms with Gasteiger partial charge in [-0.1, -0.05) is 59.2 Å². The molecule has 2 aromatic carbocycles. The number of rotatable bonds is 1. The smallest absolute Gasteiger partial charge is 0.0119 e. The molecule has 0 aliphatic heterocycles. The average molecular weight is 248 g/mol. The Kier molecular flexibility index (Phi) is 3.02. The number of hydrogen-bond donors (Lipinski definition) is 0. The Morgan fingerprint density at radius 2 is 1.42 bits per heavy atom. The Labute approximate surface area is 115 Å². The predicted octanol–water partition coefficient (Wildman–Crippen LogP) is 5.07. The van der Waals surface area contributed by atoms with Crippen molar-refractivity contribution in [3.8, 4) is 0 Å². The van der Waals surface area contributed by atoms with E-state index in [1.165, 1.54) is 51.8 Å². The average Bonchev–Trinajstić information content (AvgIpc) is 2.40. The molecule has 0 saturated carbocycles. The van der Waals surface area contributed by atoms with E-state index in [0.717, 1.165) is 0 Å². The molecule has 0 unspecified atom stereocenters. The number of allylic oxidation sites excluding steroid dienone is 1. The van der Waals surface area contributed by atoms with E-state index in [0.29, 0.717) is 0 Å². The number of hydrogen-bond acceptors (Lipinski definition) is 0. The second kappa shape index (κ2) is 4.70. The third-order valence-electron chi connectivity index (χ3n) is 4.07. The molecule has 0 saturated heterocycles. The van der Waals surface area contributed by atoms with E-state index in [9.17, 15) is 0 Å². The Balaban J connectivity index is 2.19. The molecule has 19 heavy (non-hydrogen) atoms. The maximum Gasteiger partial charge on any atom is -0.0119 e. The van der Waals surface area contributed by atoms with Gasteiger partial charge in [0.15, 0.2) is 0 Å². The van der Waals surface area contributed by atoms with Crippen molar-refractivity contribution in [3.05, 3.63) is 75.9 Å². The third-order valence-corrected chi connectivity index (χ3v) is 4.07. The lowest BCUT2D eigenvalue weighted by Gasteiger charge is -2.22. The molecule has 0 nitrogen and oxygen atoms in total. The van der Waals surface area contributed by atoms with E-state index >= 15 is 0 Å². The molecule has 0 heterocycles. The molecule has 0 amide bonds. The predicted molar refractivity (Wildman–Crippen MR) is 82.4 cm³/mol. The molecule has 0 bridgehead atoms. The van der Waals surface area contributed by atoms with Gasteiger partial charge < -0.3 is 0 Å². The van der Waals surface area contributed by atoms with Gasteiger partial charge in [-0.05, 0) is 55.9 Å². The fraction of sp³-hybridized carbons (Fsp3) is 0.263. The fourth-order valence-corrected chi connectivity index (χ4v) is 2.94. The van der Waals surface area contributed by atoms with Crippen LogP contribution >= 0.6 is 0 Å². The van der Waals surface area contributed by atoms with E-state index in [1.807, 2.05) is 0 Å². The Morgan fingerprint density at radius 3 is 2.16 bits per heavy atom. The van der Waals surface area contributed by atoms with E-state index < -0.39 is 0 Å². The van der Waals surface area contributed by atoms with Crippen molar-refractivity contribution in [2.45, 2.75) is 33.6 Å². The first-order valence-corrected chi connectivity index (χ1v) is 7.02. The van der Waals surface area contributed by atoms with Crippen LogP contribution in [-0.2, 0) is 6.42 Å². The molecule has 0 atom stereocenters. The zero-order valence-corrected chi connectivity index (χ0v) is 12.0. The van der Waals surface area contributed by atoms with Gasteiger partial charge >= 0.3 is 0 Å². The maximum atomic E-state index is 2.34. The lowest BCUT2D eigenvalue weighted by Crippen LogP contribution is -2.05. The van der Waals surface area contributed by atoms with Crippen LogP contribution in [0.2, 0.25) is 0 Å². The minimum Gasteiger partial charge on any atom is -0.0645 e. The van der Waals surface area contributed by atoms with E-state index in [-0.39, 0.29) is 0 Å². The Bertz CT molecular complexity index is 642. The third kappa shape index (κ3) is 2.23. The van der Waals surface area contributed by atoms with Crippen LogP contribution in [0.5, 0.6) is 0 Å². The van der Waals surface area contributed by atoms with Gasteiger partial charge in [0.25, 0.3) is 0 Å². The highest BCUT2D eigenvalue weighted by Gasteiger charge is 2.17. The summed E-state index contributed by atoms with van der Waals surface area (Å²) in [4.78, 5) is 0. The van der Waals surface area contributed by atoms with E-state index in [2.05, 4.69) is 63.2 Å². The van der Waals surface area contributed by atoms with Crippen molar-refractivity contribution < 1.29 is 0 Å². The van der Waals surface area contributed by atoms with Crippen molar-refractivity contribution in [1.29, 1.82) is 0 Å². The zero-order valence-electron chi connectivity index (χ0n) is 12.0. The van der Waals surface area contributed by atoms with E-state index in [1.54, 1.807) is 0 Å². The second-order valence-corrected chi connectivity index (χ2v) is 5.68. The summed E-state index contributed by atoms with van der Waals surface area (Å²) < 4.78 is 0. The minimum atomic E-state index is 1.18. The summed E-state index contributed by atoms with van der Waals surface area (Å²) in [6, 6.07) is 15.8. The Morgan fingerprint density at radius 1 is 0.737 bits per heavy atom. The highest BCUT2D eigenvalue weighted by molar-refractivity contribution is 5.85. The molecule has 0 aromatic heterocycles. The molecule has 0 radical (unpaired) electrons. The summed E-state index contributed by atoms with van der Waals surface area (Å²) in [5.41, 5.74) is 9.92. The zero-order chi connectivity index (χ0) is 13.4. The maximum absolute atomic E-state index is 2.34. The molecule has 0 fully saturated rings. The largest absolute Gasteiger partial charge is 0.0645 e. The second-order valence-electron chi connectivity index (χ2n) is 5.68. The van der Waals surface area contributed by atoms with Gasteiger partial charge in [0.05, 0.1) is 0 Å². The fourth-order valence-electron chi connectivity index (χ4n) is 2.94. The van der Waals surface area contributed by atoms with Gasteiger partial charge in [0.1, 0.15) is 0 Å². The van der Waals surface area contributed by atoms with Crippen LogP contribution in [0, 0.1) is 13.8 Å². The summed E-state index contributed by atoms with van der Waals surface area (Å²) in [5, 5.41) is 0. The summed E-state index contributed by atoms with van der Waals surface area (Å²) in [7, 11) is 0. The first-order valence-electron chi connectivity index (χ1n) is 7.02. The van der Waals surface area contributed by atoms with Gasteiger partial charge in [-0.15, -0.1) is 0 Å². The topological polar surface area (TPSA) is 0 Å². The van der Waals surface area contributed by atoms with Crippen molar-refractivity contribution >= 4 is 5.57 Å². The quantitative estimate of drug-likeness (QED) is 0.661. The summed E-state index contributed by atoms with van der Waals surface area (Å²) in [6.07, 6.45) is 2.36. The molecule has 0 spiro atoms. The lowest BCUT2D eigenvalue weighted by atomic mass is 9.82. The molecule has 3 rings (SSSR count). The van der Waals surface area contributed by atoms with Crippen LogP contribution in [0.3, 0.4) is 0 Å². The number of aryl methyl sites for hydroxylation is 3. The summed E-state index contributed by atoms with van der Waals surface area (Å²) >= 11 is 0. The van der Waals surface area contributed by atoms with Crippen LogP contribution in [-0.4, -0.2) is 0 Å². The van der Waals surface area contributed by atoms with Gasteiger partial charge in [-0.2, -0.15) is 0 Å². The molecule has 2 aromatic rings. The molecular formula is C19H20. The summed E-state index contributed by atoms with van der Waals surface area (Å²) in [6.45, 7) is 6.60. The van der Waals surface area contributed by atoms with Crippen LogP contribution in [0.25, 0.3) is 5.57 Å².